The van der Waals surface area contributed by atoms with Crippen molar-refractivity contribution < 1.29 is 81.6 Å². The Morgan fingerprint density at radius 2 is 0.364 bits per heavy atom. The van der Waals surface area contributed by atoms with Crippen LogP contribution in [0.5, 0.6) is 0 Å². The normalized spacial score (nSPS) is 3.27. The molecule has 0 saturated heterocycles. The summed E-state index contributed by atoms with van der Waals surface area (Å²) in [4.78, 5) is 24.8. The zero-order chi connectivity index (χ0) is 10.7. The number of hydrogen-bond donors (Lipinski definition) is 0. The van der Waals surface area contributed by atoms with E-state index in [2.05, 4.69) is 0 Å². The SMILES string of the molecule is O.O.O.O.O.O.O.O.O.O=[N+]([O-])[O-].O=[N+]([O-])[O-].O=[N+]([O-])[O-].[Fe]. The Morgan fingerprint density at radius 3 is 0.364 bits per heavy atom. The minimum atomic E-state index is -1.75. The molecule has 0 spiro atoms. The fourth-order valence-electron chi connectivity index (χ4n) is 0. The van der Waals surface area contributed by atoms with Crippen LogP contribution in [0.4, 0.5) is 0 Å². The number of hydrogen-bond acceptors (Lipinski definition) is 9. The van der Waals surface area contributed by atoms with Crippen LogP contribution in [0.15, 0.2) is 0 Å². The quantitative estimate of drug-likeness (QED) is 0.210. The van der Waals surface area contributed by atoms with Crippen LogP contribution in [-0.2, 0) is 17.1 Å². The number of nitrogens with zero attached hydrogens (tertiary/aromatic N) is 3. The molecule has 0 radical (unpaired) electrons. The molecule has 0 atom stereocenters. The predicted molar refractivity (Wildman–Crippen MR) is 63.6 cm³/mol. The molecule has 21 nitrogen and oxygen atoms in total. The zero-order valence-electron chi connectivity index (χ0n) is 9.87. The van der Waals surface area contributed by atoms with Crippen molar-refractivity contribution >= 4 is 0 Å². The zero-order valence-corrected chi connectivity index (χ0v) is 11.0. The van der Waals surface area contributed by atoms with E-state index in [-0.39, 0.29) is 66.4 Å². The van der Waals surface area contributed by atoms with E-state index >= 15 is 0 Å². The maximum Gasteiger partial charge on any atom is 0.0689 e. The van der Waals surface area contributed by atoms with E-state index in [0.717, 1.165) is 0 Å². The maximum absolute atomic E-state index is 8.25. The predicted octanol–water partition coefficient (Wildman–Crippen LogP) is -8.14. The van der Waals surface area contributed by atoms with Gasteiger partial charge in [-0.2, -0.15) is 0 Å². The van der Waals surface area contributed by atoms with Crippen LogP contribution in [0.2, 0.25) is 0 Å². The summed E-state index contributed by atoms with van der Waals surface area (Å²) in [6, 6.07) is 0. The molecule has 0 aromatic rings. The van der Waals surface area contributed by atoms with Gasteiger partial charge in [-0.15, -0.1) is 0 Å². The van der Waals surface area contributed by atoms with Gasteiger partial charge in [-0.25, -0.2) is 0 Å². The minimum absolute atomic E-state index is 0. The van der Waals surface area contributed by atoms with E-state index in [9.17, 15) is 0 Å². The molecule has 0 heterocycles. The summed E-state index contributed by atoms with van der Waals surface area (Å²) in [5.41, 5.74) is 0. The Kier molecular flexibility index (Phi) is 896. The molecule has 18 N–H and O–H groups in total. The third-order valence-electron chi connectivity index (χ3n) is 0. The minimum Gasteiger partial charge on any atom is -0.412 e. The summed E-state index contributed by atoms with van der Waals surface area (Å²) in [5, 5.41) is 44.2. The summed E-state index contributed by atoms with van der Waals surface area (Å²) < 4.78 is 0. The van der Waals surface area contributed by atoms with Crippen molar-refractivity contribution in [2.24, 2.45) is 0 Å². The van der Waals surface area contributed by atoms with E-state index in [4.69, 9.17) is 46.0 Å². The third-order valence-corrected chi connectivity index (χ3v) is 0. The Morgan fingerprint density at radius 1 is 0.364 bits per heavy atom. The van der Waals surface area contributed by atoms with Crippen molar-refractivity contribution in [3.05, 3.63) is 46.0 Å². The van der Waals surface area contributed by atoms with Gasteiger partial charge in [0, 0.05) is 17.1 Å². The van der Waals surface area contributed by atoms with Crippen molar-refractivity contribution in [1.29, 1.82) is 0 Å². The molecule has 0 aromatic heterocycles. The summed E-state index contributed by atoms with van der Waals surface area (Å²) >= 11 is 0. The van der Waals surface area contributed by atoms with E-state index in [1.807, 2.05) is 0 Å². The Bertz CT molecular complexity index is 116. The Hall–Kier alpha value is -2.24. The van der Waals surface area contributed by atoms with Gasteiger partial charge in [0.05, 0.1) is 15.3 Å². The van der Waals surface area contributed by atoms with Crippen molar-refractivity contribution in [3.63, 3.8) is 0 Å². The molecule has 0 aliphatic rings. The van der Waals surface area contributed by atoms with Gasteiger partial charge in [-0.3, -0.25) is 0 Å². The first-order chi connectivity index (χ1) is 5.20. The van der Waals surface area contributed by atoms with Crippen LogP contribution in [0.25, 0.3) is 0 Å². The standard InChI is InChI=1S/Fe.3NO3.9H2O/c;3*2-1(3)4;;;;;;;;;/h;;;;9*1H2/q;3*-1;;;;;;;;;. The monoisotopic (exact) mass is 404 g/mol. The van der Waals surface area contributed by atoms with Gasteiger partial charge >= 0.3 is 0 Å². The number of rotatable bonds is 0. The van der Waals surface area contributed by atoms with Gasteiger partial charge in [-0.1, -0.05) is 0 Å². The average molecular weight is 404 g/mol. The fourth-order valence-corrected chi connectivity index (χ4v) is 0. The molecule has 0 aliphatic heterocycles. The summed E-state index contributed by atoms with van der Waals surface area (Å²) in [6.45, 7) is 0. The molecule has 0 rings (SSSR count). The molecule has 0 unspecified atom stereocenters. The van der Waals surface area contributed by atoms with Crippen molar-refractivity contribution in [1.82, 2.24) is 0 Å². The van der Waals surface area contributed by atoms with Crippen molar-refractivity contribution in [3.8, 4) is 0 Å². The molecule has 22 heavy (non-hydrogen) atoms. The molecule has 0 saturated carbocycles. The average Bonchev–Trinajstić information content (AvgIpc) is 1.54. The molecule has 0 amide bonds. The summed E-state index contributed by atoms with van der Waals surface area (Å²) in [5.74, 6) is 0. The molecule has 152 valence electrons. The van der Waals surface area contributed by atoms with Crippen LogP contribution in [-0.4, -0.2) is 64.5 Å². The van der Waals surface area contributed by atoms with Gasteiger partial charge in [0.2, 0.25) is 0 Å². The van der Waals surface area contributed by atoms with Gasteiger partial charge in [0.25, 0.3) is 0 Å². The van der Waals surface area contributed by atoms with E-state index < -0.39 is 15.3 Å². The second-order valence-electron chi connectivity index (χ2n) is 0.671. The topological polar surface area (TPSA) is 482 Å². The van der Waals surface area contributed by atoms with Crippen LogP contribution in [0, 0.1) is 46.0 Å². The van der Waals surface area contributed by atoms with Crippen molar-refractivity contribution in [2.75, 3.05) is 0 Å². The molecular formula is H18FeN3O18-3. The largest absolute Gasteiger partial charge is 0.412 e. The first kappa shape index (κ1) is 152. The first-order valence-corrected chi connectivity index (χ1v) is 1.64. The van der Waals surface area contributed by atoms with E-state index in [0.29, 0.717) is 0 Å². The van der Waals surface area contributed by atoms with Crippen LogP contribution in [0.1, 0.15) is 0 Å². The Balaban J connectivity index is -0.00000000409. The third kappa shape index (κ3) is 994. The molecular weight excluding hydrogens is 386 g/mol. The molecule has 0 aromatic carbocycles. The fraction of sp³-hybridized carbons (Fsp3) is 0. The summed E-state index contributed by atoms with van der Waals surface area (Å²) in [7, 11) is 0. The first-order valence-electron chi connectivity index (χ1n) is 1.64. The van der Waals surface area contributed by atoms with Gasteiger partial charge in [-0.05, 0) is 0 Å². The van der Waals surface area contributed by atoms with E-state index in [1.165, 1.54) is 0 Å². The van der Waals surface area contributed by atoms with Crippen LogP contribution in [0.3, 0.4) is 0 Å². The molecule has 0 aliphatic carbocycles. The van der Waals surface area contributed by atoms with Gasteiger partial charge < -0.3 is 95.3 Å². The van der Waals surface area contributed by atoms with Crippen LogP contribution < -0.4 is 0 Å². The van der Waals surface area contributed by atoms with Crippen LogP contribution >= 0.6 is 0 Å². The molecule has 22 heteroatoms. The molecule has 0 fully saturated rings. The van der Waals surface area contributed by atoms with Gasteiger partial charge in [0.1, 0.15) is 0 Å². The molecule has 0 bridgehead atoms. The van der Waals surface area contributed by atoms with E-state index in [1.54, 1.807) is 0 Å². The Labute approximate surface area is 129 Å². The van der Waals surface area contributed by atoms with Gasteiger partial charge in [0.15, 0.2) is 0 Å². The second-order valence-corrected chi connectivity index (χ2v) is 0.671. The second kappa shape index (κ2) is 129. The summed E-state index contributed by atoms with van der Waals surface area (Å²) in [6.07, 6.45) is 0. The van der Waals surface area contributed by atoms with Crippen molar-refractivity contribution in [2.45, 2.75) is 0 Å². The maximum atomic E-state index is 8.25. The smallest absolute Gasteiger partial charge is 0.0689 e.